The van der Waals surface area contributed by atoms with Crippen LogP contribution in [0.25, 0.3) is 0 Å². The lowest BCUT2D eigenvalue weighted by Crippen LogP contribution is -2.51. The third-order valence-corrected chi connectivity index (χ3v) is 3.96. The van der Waals surface area contributed by atoms with E-state index in [-0.39, 0.29) is 17.7 Å². The summed E-state index contributed by atoms with van der Waals surface area (Å²) in [5.74, 6) is -0.753. The summed E-state index contributed by atoms with van der Waals surface area (Å²) in [7, 11) is 0. The number of carbonyl (C=O) groups excluding carboxylic acids is 3. The monoisotopic (exact) mass is 286 g/mol. The summed E-state index contributed by atoms with van der Waals surface area (Å²) in [4.78, 5) is 34.8. The lowest BCUT2D eigenvalue weighted by atomic mass is 9.72. The molecule has 1 aromatic carbocycles. The van der Waals surface area contributed by atoms with Crippen LogP contribution < -0.4 is 10.6 Å². The van der Waals surface area contributed by atoms with Crippen LogP contribution in [-0.2, 0) is 19.8 Å². The van der Waals surface area contributed by atoms with Crippen molar-refractivity contribution in [3.8, 4) is 0 Å². The average molecular weight is 286 g/mol. The van der Waals surface area contributed by atoms with E-state index in [0.717, 1.165) is 5.56 Å². The maximum atomic E-state index is 12.3. The lowest BCUT2D eigenvalue weighted by Gasteiger charge is -2.35. The fraction of sp³-hybridized carbons (Fsp3) is 0.312. The van der Waals surface area contributed by atoms with Crippen LogP contribution in [0, 0.1) is 0 Å². The zero-order valence-corrected chi connectivity index (χ0v) is 11.9. The normalized spacial score (nSPS) is 21.6. The molecule has 0 aliphatic carbocycles. The Morgan fingerprint density at radius 2 is 2.05 bits per heavy atom. The first kappa shape index (κ1) is 15.0. The van der Waals surface area contributed by atoms with E-state index < -0.39 is 5.41 Å². The topological polar surface area (TPSA) is 75.3 Å². The van der Waals surface area contributed by atoms with Crippen molar-refractivity contribution in [2.24, 2.45) is 0 Å². The maximum Gasteiger partial charge on any atom is 0.247 e. The van der Waals surface area contributed by atoms with Crippen LogP contribution in [0.2, 0.25) is 0 Å². The van der Waals surface area contributed by atoms with Crippen LogP contribution in [0.15, 0.2) is 36.9 Å². The number of imide groups is 1. The second-order valence-corrected chi connectivity index (χ2v) is 5.08. The van der Waals surface area contributed by atoms with Gasteiger partial charge in [-0.15, -0.1) is 0 Å². The molecule has 3 amide bonds. The van der Waals surface area contributed by atoms with Gasteiger partial charge in [-0.3, -0.25) is 19.7 Å². The van der Waals surface area contributed by atoms with Crippen molar-refractivity contribution >= 4 is 23.4 Å². The lowest BCUT2D eigenvalue weighted by molar-refractivity contribution is -0.138. The van der Waals surface area contributed by atoms with Gasteiger partial charge in [-0.25, -0.2) is 0 Å². The molecule has 0 bridgehead atoms. The molecule has 0 saturated carbocycles. The van der Waals surface area contributed by atoms with Crippen molar-refractivity contribution in [2.45, 2.75) is 31.6 Å². The van der Waals surface area contributed by atoms with Gasteiger partial charge in [-0.2, -0.15) is 0 Å². The van der Waals surface area contributed by atoms with Crippen LogP contribution >= 0.6 is 0 Å². The van der Waals surface area contributed by atoms with Gasteiger partial charge < -0.3 is 5.32 Å². The van der Waals surface area contributed by atoms with Gasteiger partial charge in [0.15, 0.2) is 0 Å². The number of rotatable bonds is 4. The first-order chi connectivity index (χ1) is 10.0. The number of anilines is 1. The van der Waals surface area contributed by atoms with Crippen molar-refractivity contribution in [3.63, 3.8) is 0 Å². The standard InChI is InChI=1S/C16H18N2O3/c1-3-13(19)17-12-7-5-11(6-8-12)16(4-2)10-9-14(20)18-15(16)21/h3,5-8H,1,4,9-10H2,2H3,(H,17,19)(H,18,20,21). The minimum atomic E-state index is -0.672. The van der Waals surface area contributed by atoms with Crippen molar-refractivity contribution in [1.82, 2.24) is 5.32 Å². The van der Waals surface area contributed by atoms with Crippen LogP contribution in [-0.4, -0.2) is 17.7 Å². The quantitative estimate of drug-likeness (QED) is 0.655. The van der Waals surface area contributed by atoms with E-state index in [1.54, 1.807) is 12.1 Å². The first-order valence-electron chi connectivity index (χ1n) is 6.90. The molecule has 1 heterocycles. The third-order valence-electron chi connectivity index (χ3n) is 3.96. The Hall–Kier alpha value is -2.43. The number of hydrogen-bond acceptors (Lipinski definition) is 3. The van der Waals surface area contributed by atoms with Gasteiger partial charge in [-0.05, 0) is 36.6 Å². The average Bonchev–Trinajstić information content (AvgIpc) is 2.49. The minimum absolute atomic E-state index is 0.223. The van der Waals surface area contributed by atoms with Crippen LogP contribution in [0.1, 0.15) is 31.7 Å². The molecule has 1 saturated heterocycles. The van der Waals surface area contributed by atoms with Crippen LogP contribution in [0.5, 0.6) is 0 Å². The molecule has 1 fully saturated rings. The zero-order chi connectivity index (χ0) is 15.5. The largest absolute Gasteiger partial charge is 0.323 e. The molecule has 1 atom stereocenters. The summed E-state index contributed by atoms with van der Waals surface area (Å²) in [6.07, 6.45) is 2.66. The predicted molar refractivity (Wildman–Crippen MR) is 79.6 cm³/mol. The number of piperidine rings is 1. The summed E-state index contributed by atoms with van der Waals surface area (Å²) in [6, 6.07) is 7.13. The van der Waals surface area contributed by atoms with E-state index >= 15 is 0 Å². The molecule has 5 nitrogen and oxygen atoms in total. The second-order valence-electron chi connectivity index (χ2n) is 5.08. The molecular formula is C16H18N2O3. The smallest absolute Gasteiger partial charge is 0.247 e. The Balaban J connectivity index is 2.27. The summed E-state index contributed by atoms with van der Waals surface area (Å²) < 4.78 is 0. The third kappa shape index (κ3) is 2.86. The number of carbonyl (C=O) groups is 3. The number of benzene rings is 1. The van der Waals surface area contributed by atoms with Gasteiger partial charge in [0.25, 0.3) is 0 Å². The Morgan fingerprint density at radius 3 is 2.57 bits per heavy atom. The summed E-state index contributed by atoms with van der Waals surface area (Å²) in [6.45, 7) is 5.33. The highest BCUT2D eigenvalue weighted by Crippen LogP contribution is 2.36. The van der Waals surface area contributed by atoms with Crippen molar-refractivity contribution in [2.75, 3.05) is 5.32 Å². The minimum Gasteiger partial charge on any atom is -0.323 e. The SMILES string of the molecule is C=CC(=O)Nc1ccc(C2(CC)CCC(=O)NC2=O)cc1. The van der Waals surface area contributed by atoms with E-state index in [1.807, 2.05) is 19.1 Å². The molecule has 1 aliphatic rings. The molecule has 0 radical (unpaired) electrons. The van der Waals surface area contributed by atoms with Gasteiger partial charge in [0, 0.05) is 12.1 Å². The maximum absolute atomic E-state index is 12.3. The number of hydrogen-bond donors (Lipinski definition) is 2. The van der Waals surface area contributed by atoms with Gasteiger partial charge in [0.2, 0.25) is 17.7 Å². The molecule has 1 aliphatic heterocycles. The molecule has 5 heteroatoms. The highest BCUT2D eigenvalue weighted by Gasteiger charge is 2.42. The van der Waals surface area contributed by atoms with Gasteiger partial charge in [0.05, 0.1) is 5.41 Å². The molecule has 1 unspecified atom stereocenters. The predicted octanol–water partition coefficient (Wildman–Crippen LogP) is 1.90. The summed E-state index contributed by atoms with van der Waals surface area (Å²) in [5, 5.41) is 5.07. The molecule has 110 valence electrons. The van der Waals surface area contributed by atoms with Gasteiger partial charge in [0.1, 0.15) is 0 Å². The molecule has 1 aromatic rings. The summed E-state index contributed by atoms with van der Waals surface area (Å²) in [5.41, 5.74) is 0.823. The fourth-order valence-electron chi connectivity index (χ4n) is 2.63. The Kier molecular flexibility index (Phi) is 4.21. The summed E-state index contributed by atoms with van der Waals surface area (Å²) >= 11 is 0. The van der Waals surface area contributed by atoms with E-state index in [0.29, 0.717) is 24.9 Å². The Labute approximate surface area is 123 Å². The molecule has 0 aromatic heterocycles. The zero-order valence-electron chi connectivity index (χ0n) is 11.9. The van der Waals surface area contributed by atoms with Crippen molar-refractivity contribution in [1.29, 1.82) is 0 Å². The van der Waals surface area contributed by atoms with Gasteiger partial charge >= 0.3 is 0 Å². The highest BCUT2D eigenvalue weighted by atomic mass is 16.2. The van der Waals surface area contributed by atoms with Crippen molar-refractivity contribution < 1.29 is 14.4 Å². The van der Waals surface area contributed by atoms with E-state index in [2.05, 4.69) is 17.2 Å². The fourth-order valence-corrected chi connectivity index (χ4v) is 2.63. The molecular weight excluding hydrogens is 268 g/mol. The van der Waals surface area contributed by atoms with Gasteiger partial charge in [-0.1, -0.05) is 25.6 Å². The molecule has 2 rings (SSSR count). The molecule has 21 heavy (non-hydrogen) atoms. The number of nitrogens with one attached hydrogen (secondary N) is 2. The van der Waals surface area contributed by atoms with Crippen LogP contribution in [0.4, 0.5) is 5.69 Å². The van der Waals surface area contributed by atoms with Crippen LogP contribution in [0.3, 0.4) is 0 Å². The van der Waals surface area contributed by atoms with E-state index in [4.69, 9.17) is 0 Å². The highest BCUT2D eigenvalue weighted by molar-refractivity contribution is 6.03. The molecule has 2 N–H and O–H groups in total. The Morgan fingerprint density at radius 1 is 1.38 bits per heavy atom. The van der Waals surface area contributed by atoms with Crippen molar-refractivity contribution in [3.05, 3.63) is 42.5 Å². The van der Waals surface area contributed by atoms with E-state index in [9.17, 15) is 14.4 Å². The second kappa shape index (κ2) is 5.91. The Bertz CT molecular complexity index is 592. The first-order valence-corrected chi connectivity index (χ1v) is 6.90. The molecule has 0 spiro atoms. The van der Waals surface area contributed by atoms with E-state index in [1.165, 1.54) is 6.08 Å². The number of amides is 3.